The molecule has 0 radical (unpaired) electrons. The Bertz CT molecular complexity index is 1770. The number of imidazole rings is 1. The molecule has 40 heavy (non-hydrogen) atoms. The minimum absolute atomic E-state index is 0.0497. The first-order chi connectivity index (χ1) is 19.4. The summed E-state index contributed by atoms with van der Waals surface area (Å²) in [5.74, 6) is 0.826. The summed E-state index contributed by atoms with van der Waals surface area (Å²) in [6.07, 6.45) is 0.742. The van der Waals surface area contributed by atoms with E-state index in [0.717, 1.165) is 51.3 Å². The fourth-order valence-corrected chi connectivity index (χ4v) is 5.62. The maximum Gasteiger partial charge on any atom is 0.326 e. The minimum atomic E-state index is -0.148. The second-order valence-corrected chi connectivity index (χ2v) is 10.9. The molecule has 6 rings (SSSR count). The number of aliphatic imine (C=N–C) groups is 1. The molecule has 4 aromatic carbocycles. The molecule has 1 atom stereocenters. The van der Waals surface area contributed by atoms with Gasteiger partial charge >= 0.3 is 5.69 Å². The van der Waals surface area contributed by atoms with Gasteiger partial charge in [0, 0.05) is 47.0 Å². The number of benzene rings is 4. The van der Waals surface area contributed by atoms with Gasteiger partial charge in [-0.25, -0.2) is 4.79 Å². The lowest BCUT2D eigenvalue weighted by Crippen LogP contribution is -2.31. The minimum Gasteiger partial charge on any atom is -0.497 e. The number of rotatable bonds is 6. The van der Waals surface area contributed by atoms with E-state index in [1.165, 1.54) is 5.56 Å². The number of H-pyrrole nitrogens is 1. The Morgan fingerprint density at radius 1 is 0.925 bits per heavy atom. The SMILES string of the molecule is COc1ccc(CN2CC(Cc3ccc(Cl)cc3)N=C(c3ccc4[nH]c(=O)n(C)c4c3)c3cc(Cl)ccc32)cc1. The largest absolute Gasteiger partial charge is 0.497 e. The average molecular weight is 572 g/mol. The van der Waals surface area contributed by atoms with Crippen LogP contribution in [0.2, 0.25) is 10.0 Å². The average Bonchev–Trinajstić information content (AvgIpc) is 3.16. The quantitative estimate of drug-likeness (QED) is 0.248. The van der Waals surface area contributed by atoms with Gasteiger partial charge in [0.2, 0.25) is 0 Å². The van der Waals surface area contributed by atoms with Crippen LogP contribution >= 0.6 is 23.2 Å². The van der Waals surface area contributed by atoms with Gasteiger partial charge in [0.05, 0.1) is 29.9 Å². The van der Waals surface area contributed by atoms with Crippen LogP contribution in [0.25, 0.3) is 11.0 Å². The second-order valence-electron chi connectivity index (χ2n) is 10.1. The molecule has 1 N–H and O–H groups in total. The summed E-state index contributed by atoms with van der Waals surface area (Å²) in [7, 11) is 3.44. The monoisotopic (exact) mass is 570 g/mol. The molecule has 0 aliphatic carbocycles. The van der Waals surface area contributed by atoms with Gasteiger partial charge < -0.3 is 14.6 Å². The van der Waals surface area contributed by atoms with Gasteiger partial charge in [-0.1, -0.05) is 53.5 Å². The number of nitrogens with zero attached hydrogens (tertiary/aromatic N) is 3. The number of aryl methyl sites for hydroxylation is 1. The summed E-state index contributed by atoms with van der Waals surface area (Å²) in [6.45, 7) is 1.40. The van der Waals surface area contributed by atoms with Crippen molar-refractivity contribution in [1.82, 2.24) is 9.55 Å². The molecule has 0 bridgehead atoms. The molecule has 1 aliphatic rings. The number of halogens is 2. The maximum atomic E-state index is 12.3. The highest BCUT2D eigenvalue weighted by Gasteiger charge is 2.26. The van der Waals surface area contributed by atoms with Crippen molar-refractivity contribution in [3.05, 3.63) is 128 Å². The summed E-state index contributed by atoms with van der Waals surface area (Å²) in [6, 6.07) is 28.0. The zero-order valence-corrected chi connectivity index (χ0v) is 23.7. The van der Waals surface area contributed by atoms with Crippen LogP contribution in [0.4, 0.5) is 5.69 Å². The van der Waals surface area contributed by atoms with Crippen molar-refractivity contribution in [3.63, 3.8) is 0 Å². The molecule has 0 spiro atoms. The summed E-state index contributed by atoms with van der Waals surface area (Å²) < 4.78 is 6.99. The number of ether oxygens (including phenoxy) is 1. The fraction of sp³-hybridized carbons (Fsp3) is 0.188. The van der Waals surface area contributed by atoms with Crippen molar-refractivity contribution in [2.45, 2.75) is 19.0 Å². The molecule has 202 valence electrons. The molecule has 1 aromatic heterocycles. The van der Waals surface area contributed by atoms with Crippen LogP contribution in [-0.2, 0) is 20.0 Å². The number of aromatic nitrogens is 2. The van der Waals surface area contributed by atoms with Gasteiger partial charge in [-0.2, -0.15) is 0 Å². The van der Waals surface area contributed by atoms with Gasteiger partial charge in [0.15, 0.2) is 0 Å². The Hall–Kier alpha value is -4.00. The lowest BCUT2D eigenvalue weighted by Gasteiger charge is -2.27. The van der Waals surface area contributed by atoms with E-state index in [1.807, 2.05) is 54.6 Å². The van der Waals surface area contributed by atoms with Crippen LogP contribution < -0.4 is 15.3 Å². The third kappa shape index (κ3) is 5.25. The number of hydrogen-bond donors (Lipinski definition) is 1. The van der Waals surface area contributed by atoms with E-state index in [1.54, 1.807) is 18.7 Å². The van der Waals surface area contributed by atoms with Crippen molar-refractivity contribution in [2.24, 2.45) is 12.0 Å². The normalized spacial score (nSPS) is 15.1. The molecule has 0 amide bonds. The molecule has 0 fully saturated rings. The summed E-state index contributed by atoms with van der Waals surface area (Å²) in [5, 5.41) is 1.35. The standard InChI is InChI=1S/C32H28Cl2N4O2/c1-37-30-16-22(7-13-28(30)36-32(37)39)31-27-17-24(34)10-14-29(27)38(18-21-5-11-26(40-2)12-6-21)19-25(35-31)15-20-3-8-23(33)9-4-20/h3-14,16-17,25H,15,18-19H2,1-2H3,(H,36,39). The number of aromatic amines is 1. The molecule has 5 aromatic rings. The molecule has 6 nitrogen and oxygen atoms in total. The van der Waals surface area contributed by atoms with Gasteiger partial charge in [-0.05, 0) is 72.1 Å². The Labute approximate surface area is 242 Å². The number of benzodiazepines with no additional fused rings is 1. The molecule has 0 saturated heterocycles. The maximum absolute atomic E-state index is 12.3. The molecule has 0 saturated carbocycles. The Kier molecular flexibility index (Phi) is 7.13. The van der Waals surface area contributed by atoms with Gasteiger partial charge in [-0.15, -0.1) is 0 Å². The topological polar surface area (TPSA) is 62.6 Å². The van der Waals surface area contributed by atoms with Crippen molar-refractivity contribution in [3.8, 4) is 5.75 Å². The molecule has 8 heteroatoms. The van der Waals surface area contributed by atoms with Crippen molar-refractivity contribution >= 4 is 45.6 Å². The van der Waals surface area contributed by atoms with Crippen molar-refractivity contribution in [2.75, 3.05) is 18.6 Å². The molecular weight excluding hydrogens is 543 g/mol. The first kappa shape index (κ1) is 26.2. The Morgan fingerprint density at radius 2 is 1.65 bits per heavy atom. The van der Waals surface area contributed by atoms with Gasteiger partial charge in [-0.3, -0.25) is 9.56 Å². The second kappa shape index (κ2) is 10.9. The first-order valence-electron chi connectivity index (χ1n) is 13.1. The van der Waals surface area contributed by atoms with Crippen LogP contribution in [-0.4, -0.2) is 35.0 Å². The fourth-order valence-electron chi connectivity index (χ4n) is 5.32. The third-order valence-electron chi connectivity index (χ3n) is 7.39. The smallest absolute Gasteiger partial charge is 0.326 e. The van der Waals surface area contributed by atoms with Crippen molar-refractivity contribution < 1.29 is 4.74 Å². The van der Waals surface area contributed by atoms with E-state index < -0.39 is 0 Å². The van der Waals surface area contributed by atoms with Crippen LogP contribution in [0, 0.1) is 0 Å². The van der Waals surface area contributed by atoms with E-state index in [4.69, 9.17) is 32.9 Å². The summed E-state index contributed by atoms with van der Waals surface area (Å²) in [5.41, 5.74) is 7.58. The van der Waals surface area contributed by atoms with E-state index in [9.17, 15) is 4.79 Å². The predicted molar refractivity (Wildman–Crippen MR) is 164 cm³/mol. The van der Waals surface area contributed by atoms with E-state index >= 15 is 0 Å². The Balaban J connectivity index is 1.48. The highest BCUT2D eigenvalue weighted by Crippen LogP contribution is 2.33. The number of anilines is 1. The predicted octanol–water partition coefficient (Wildman–Crippen LogP) is 6.65. The number of fused-ring (bicyclic) bond motifs is 2. The van der Waals surface area contributed by atoms with E-state index in [0.29, 0.717) is 23.1 Å². The highest BCUT2D eigenvalue weighted by atomic mass is 35.5. The summed E-state index contributed by atoms with van der Waals surface area (Å²) >= 11 is 12.8. The lowest BCUT2D eigenvalue weighted by atomic mass is 9.99. The lowest BCUT2D eigenvalue weighted by molar-refractivity contribution is 0.414. The zero-order valence-electron chi connectivity index (χ0n) is 22.2. The Morgan fingerprint density at radius 3 is 2.40 bits per heavy atom. The van der Waals surface area contributed by atoms with Gasteiger partial charge in [0.25, 0.3) is 0 Å². The van der Waals surface area contributed by atoms with Crippen LogP contribution in [0.1, 0.15) is 22.3 Å². The van der Waals surface area contributed by atoms with E-state index in [-0.39, 0.29) is 11.7 Å². The molecule has 1 aliphatic heterocycles. The first-order valence-corrected chi connectivity index (χ1v) is 13.8. The highest BCUT2D eigenvalue weighted by molar-refractivity contribution is 6.31. The number of hydrogen-bond acceptors (Lipinski definition) is 4. The zero-order chi connectivity index (χ0) is 27.8. The number of methoxy groups -OCH3 is 1. The number of nitrogens with one attached hydrogen (secondary N) is 1. The van der Waals surface area contributed by atoms with Gasteiger partial charge in [0.1, 0.15) is 5.75 Å². The molecular formula is C32H28Cl2N4O2. The molecule has 2 heterocycles. The van der Waals surface area contributed by atoms with Crippen LogP contribution in [0.15, 0.2) is 94.7 Å². The van der Waals surface area contributed by atoms with Crippen LogP contribution in [0.3, 0.4) is 0 Å². The summed E-state index contributed by atoms with van der Waals surface area (Å²) in [4.78, 5) is 22.9. The molecule has 1 unspecified atom stereocenters. The third-order valence-corrected chi connectivity index (χ3v) is 7.88. The van der Waals surface area contributed by atoms with E-state index in [2.05, 4.69) is 40.2 Å². The van der Waals surface area contributed by atoms with Crippen molar-refractivity contribution in [1.29, 1.82) is 0 Å². The van der Waals surface area contributed by atoms with Crippen LogP contribution in [0.5, 0.6) is 5.75 Å².